The standard InChI is InChI=1S/C19H25N5O2/c1-12-6-5-7-23(10-12)11-18-21-22-19-14-8-16(25-3)17(26-4)9-15(14)20-13(2)24(18)19/h8-9,12H,5-7,10-11H2,1-4H3/t12-/m1/s1. The second kappa shape index (κ2) is 6.72. The third-order valence-corrected chi connectivity index (χ3v) is 5.18. The van der Waals surface area contributed by atoms with Gasteiger partial charge >= 0.3 is 0 Å². The number of methoxy groups -OCH3 is 2. The van der Waals surface area contributed by atoms with Crippen molar-refractivity contribution in [2.75, 3.05) is 27.3 Å². The molecule has 1 aromatic carbocycles. The first-order chi connectivity index (χ1) is 12.6. The van der Waals surface area contributed by atoms with Crippen molar-refractivity contribution in [2.45, 2.75) is 33.2 Å². The highest BCUT2D eigenvalue weighted by molar-refractivity contribution is 5.93. The Hall–Kier alpha value is -2.41. The molecule has 0 aliphatic carbocycles. The van der Waals surface area contributed by atoms with E-state index in [1.807, 2.05) is 19.1 Å². The lowest BCUT2D eigenvalue weighted by Gasteiger charge is -2.30. The zero-order valence-electron chi connectivity index (χ0n) is 15.8. The second-order valence-corrected chi connectivity index (χ2v) is 7.14. The molecule has 0 unspecified atom stereocenters. The molecule has 2 aromatic heterocycles. The van der Waals surface area contributed by atoms with Crippen molar-refractivity contribution in [1.82, 2.24) is 24.5 Å². The van der Waals surface area contributed by atoms with E-state index >= 15 is 0 Å². The van der Waals surface area contributed by atoms with Crippen LogP contribution >= 0.6 is 0 Å². The first-order valence-electron chi connectivity index (χ1n) is 9.09. The third-order valence-electron chi connectivity index (χ3n) is 5.18. The van der Waals surface area contributed by atoms with Gasteiger partial charge in [-0.3, -0.25) is 9.30 Å². The molecule has 0 N–H and O–H groups in total. The van der Waals surface area contributed by atoms with Crippen molar-refractivity contribution in [3.05, 3.63) is 23.8 Å². The summed E-state index contributed by atoms with van der Waals surface area (Å²) in [5, 5.41) is 9.87. The van der Waals surface area contributed by atoms with Crippen LogP contribution in [0.4, 0.5) is 0 Å². The molecular weight excluding hydrogens is 330 g/mol. The van der Waals surface area contributed by atoms with Crippen LogP contribution in [0, 0.1) is 12.8 Å². The molecule has 26 heavy (non-hydrogen) atoms. The van der Waals surface area contributed by atoms with Gasteiger partial charge in [0.05, 0.1) is 26.3 Å². The fraction of sp³-hybridized carbons (Fsp3) is 0.526. The Bertz CT molecular complexity index is 952. The van der Waals surface area contributed by atoms with Crippen molar-refractivity contribution in [2.24, 2.45) is 5.92 Å². The predicted molar refractivity (Wildman–Crippen MR) is 99.8 cm³/mol. The van der Waals surface area contributed by atoms with Gasteiger partial charge in [0.1, 0.15) is 5.82 Å². The molecule has 0 saturated carbocycles. The SMILES string of the molecule is COc1cc2nc(C)n3c(CN4CCC[C@@H](C)C4)nnc3c2cc1OC. The number of nitrogens with zero attached hydrogens (tertiary/aromatic N) is 5. The summed E-state index contributed by atoms with van der Waals surface area (Å²) in [7, 11) is 3.26. The van der Waals surface area contributed by atoms with Gasteiger partial charge in [-0.25, -0.2) is 4.98 Å². The van der Waals surface area contributed by atoms with E-state index in [4.69, 9.17) is 14.5 Å². The lowest BCUT2D eigenvalue weighted by Crippen LogP contribution is -2.34. The Labute approximate surface area is 152 Å². The van der Waals surface area contributed by atoms with E-state index in [2.05, 4.69) is 26.4 Å². The van der Waals surface area contributed by atoms with Crippen LogP contribution in [-0.4, -0.2) is 51.8 Å². The Morgan fingerprint density at radius 1 is 1.15 bits per heavy atom. The average molecular weight is 355 g/mol. The maximum Gasteiger partial charge on any atom is 0.171 e. The smallest absolute Gasteiger partial charge is 0.171 e. The number of likely N-dealkylation sites (tertiary alicyclic amines) is 1. The molecule has 0 spiro atoms. The fourth-order valence-corrected chi connectivity index (χ4v) is 3.93. The summed E-state index contributed by atoms with van der Waals surface area (Å²) < 4.78 is 12.9. The highest BCUT2D eigenvalue weighted by Crippen LogP contribution is 2.33. The molecule has 1 aliphatic heterocycles. The monoisotopic (exact) mass is 355 g/mol. The van der Waals surface area contributed by atoms with Crippen molar-refractivity contribution < 1.29 is 9.47 Å². The minimum absolute atomic E-state index is 0.665. The first-order valence-corrected chi connectivity index (χ1v) is 9.09. The van der Waals surface area contributed by atoms with Gasteiger partial charge in [0, 0.05) is 18.0 Å². The summed E-state index contributed by atoms with van der Waals surface area (Å²) in [4.78, 5) is 7.22. The molecule has 7 nitrogen and oxygen atoms in total. The van der Waals surface area contributed by atoms with E-state index in [1.165, 1.54) is 12.8 Å². The molecule has 1 saturated heterocycles. The van der Waals surface area contributed by atoms with Gasteiger partial charge in [-0.1, -0.05) is 6.92 Å². The molecule has 1 fully saturated rings. The van der Waals surface area contributed by atoms with Crippen molar-refractivity contribution >= 4 is 16.6 Å². The number of aryl methyl sites for hydroxylation is 1. The molecule has 4 rings (SSSR count). The second-order valence-electron chi connectivity index (χ2n) is 7.14. The Morgan fingerprint density at radius 3 is 2.65 bits per heavy atom. The summed E-state index contributed by atoms with van der Waals surface area (Å²) in [6.45, 7) is 7.33. The molecule has 7 heteroatoms. The van der Waals surface area contributed by atoms with E-state index in [0.29, 0.717) is 11.5 Å². The van der Waals surface area contributed by atoms with Crippen LogP contribution in [0.1, 0.15) is 31.4 Å². The quantitative estimate of drug-likeness (QED) is 0.717. The first kappa shape index (κ1) is 17.0. The molecule has 3 aromatic rings. The minimum atomic E-state index is 0.665. The van der Waals surface area contributed by atoms with Crippen LogP contribution in [0.2, 0.25) is 0 Å². The number of fused-ring (bicyclic) bond motifs is 3. The van der Waals surface area contributed by atoms with Crippen molar-refractivity contribution in [1.29, 1.82) is 0 Å². The van der Waals surface area contributed by atoms with Gasteiger partial charge in [-0.05, 0) is 38.3 Å². The predicted octanol–water partition coefficient (Wildman–Crippen LogP) is 2.84. The highest BCUT2D eigenvalue weighted by atomic mass is 16.5. The zero-order valence-corrected chi connectivity index (χ0v) is 15.8. The van der Waals surface area contributed by atoms with E-state index in [-0.39, 0.29) is 0 Å². The number of rotatable bonds is 4. The zero-order chi connectivity index (χ0) is 18.3. The number of benzene rings is 1. The summed E-state index contributed by atoms with van der Waals surface area (Å²) >= 11 is 0. The van der Waals surface area contributed by atoms with Crippen LogP contribution in [0.25, 0.3) is 16.6 Å². The van der Waals surface area contributed by atoms with Gasteiger partial charge in [-0.2, -0.15) is 0 Å². The van der Waals surface area contributed by atoms with E-state index < -0.39 is 0 Å². The summed E-state index contributed by atoms with van der Waals surface area (Å²) in [6.07, 6.45) is 2.55. The topological polar surface area (TPSA) is 64.8 Å². The number of piperidine rings is 1. The molecule has 0 bridgehead atoms. The van der Waals surface area contributed by atoms with Gasteiger partial charge in [0.25, 0.3) is 0 Å². The van der Waals surface area contributed by atoms with Crippen molar-refractivity contribution in [3.63, 3.8) is 0 Å². The fourth-order valence-electron chi connectivity index (χ4n) is 3.93. The lowest BCUT2D eigenvalue weighted by atomic mass is 10.0. The van der Waals surface area contributed by atoms with Gasteiger partial charge in [0.2, 0.25) is 0 Å². The molecular formula is C19H25N5O2. The van der Waals surface area contributed by atoms with Crippen LogP contribution in [0.5, 0.6) is 11.5 Å². The van der Waals surface area contributed by atoms with Gasteiger partial charge in [-0.15, -0.1) is 10.2 Å². The molecule has 138 valence electrons. The molecule has 1 aliphatic rings. The summed E-state index contributed by atoms with van der Waals surface area (Å²) in [6, 6.07) is 3.82. The number of hydrogen-bond acceptors (Lipinski definition) is 6. The number of ether oxygens (including phenoxy) is 2. The van der Waals surface area contributed by atoms with E-state index in [1.54, 1.807) is 14.2 Å². The van der Waals surface area contributed by atoms with Crippen LogP contribution < -0.4 is 9.47 Å². The minimum Gasteiger partial charge on any atom is -0.493 e. The normalized spacial score (nSPS) is 18.5. The van der Waals surface area contributed by atoms with E-state index in [9.17, 15) is 0 Å². The molecule has 3 heterocycles. The largest absolute Gasteiger partial charge is 0.493 e. The van der Waals surface area contributed by atoms with Crippen molar-refractivity contribution in [3.8, 4) is 11.5 Å². The maximum atomic E-state index is 5.45. The number of hydrogen-bond donors (Lipinski definition) is 0. The average Bonchev–Trinajstić information content (AvgIpc) is 3.05. The summed E-state index contributed by atoms with van der Waals surface area (Å²) in [5.41, 5.74) is 1.65. The van der Waals surface area contributed by atoms with Crippen LogP contribution in [-0.2, 0) is 6.54 Å². The maximum absolute atomic E-state index is 5.45. The van der Waals surface area contributed by atoms with Crippen LogP contribution in [0.3, 0.4) is 0 Å². The van der Waals surface area contributed by atoms with Gasteiger partial charge in [0.15, 0.2) is 23.0 Å². The number of aromatic nitrogens is 4. The van der Waals surface area contributed by atoms with E-state index in [0.717, 1.165) is 53.8 Å². The molecule has 0 radical (unpaired) electrons. The highest BCUT2D eigenvalue weighted by Gasteiger charge is 2.21. The lowest BCUT2D eigenvalue weighted by molar-refractivity contribution is 0.172. The third kappa shape index (κ3) is 2.86. The molecule has 1 atom stereocenters. The Kier molecular flexibility index (Phi) is 4.40. The van der Waals surface area contributed by atoms with Gasteiger partial charge < -0.3 is 9.47 Å². The Balaban J connectivity index is 1.81. The Morgan fingerprint density at radius 2 is 1.92 bits per heavy atom. The van der Waals surface area contributed by atoms with Crippen LogP contribution in [0.15, 0.2) is 12.1 Å². The molecule has 0 amide bonds. The summed E-state index contributed by atoms with van der Waals surface area (Å²) in [5.74, 6) is 3.89.